The molecule has 2 heterocycles. The van der Waals surface area contributed by atoms with Gasteiger partial charge in [0.05, 0.1) is 6.61 Å². The van der Waals surface area contributed by atoms with Crippen LogP contribution in [-0.4, -0.2) is 41.8 Å². The van der Waals surface area contributed by atoms with Gasteiger partial charge in [0.1, 0.15) is 11.6 Å². The van der Waals surface area contributed by atoms with E-state index in [1.165, 1.54) is 16.6 Å². The number of aromatic amines is 1. The van der Waals surface area contributed by atoms with Gasteiger partial charge in [-0.2, -0.15) is 0 Å². The van der Waals surface area contributed by atoms with Crippen molar-refractivity contribution in [2.45, 2.75) is 32.4 Å². The molecule has 3 N–H and O–H groups in total. The molecule has 3 rings (SSSR count). The van der Waals surface area contributed by atoms with Gasteiger partial charge in [-0.15, -0.1) is 0 Å². The molecule has 1 aliphatic heterocycles. The lowest BCUT2D eigenvalue weighted by molar-refractivity contribution is -0.124. The number of aromatic nitrogens is 2. The fraction of sp³-hybridized carbons (Fsp3) is 0.421. The molecule has 0 saturated heterocycles. The Bertz CT molecular complexity index is 956. The van der Waals surface area contributed by atoms with E-state index in [4.69, 9.17) is 15.2 Å². The number of nitrogens with one attached hydrogen (secondary N) is 1. The highest BCUT2D eigenvalue weighted by molar-refractivity contribution is 5.99. The van der Waals surface area contributed by atoms with Gasteiger partial charge in [0.25, 0.3) is 11.5 Å². The highest BCUT2D eigenvalue weighted by atomic mass is 16.5. The summed E-state index contributed by atoms with van der Waals surface area (Å²) in [7, 11) is 1.50. The number of fused-ring (bicyclic) bond motifs is 1. The number of carbonyl (C=O) groups is 1. The third-order valence-electron chi connectivity index (χ3n) is 4.64. The first-order chi connectivity index (χ1) is 13.5. The molecule has 0 fully saturated rings. The van der Waals surface area contributed by atoms with Gasteiger partial charge in [0, 0.05) is 26.6 Å². The van der Waals surface area contributed by atoms with Crippen molar-refractivity contribution in [2.75, 3.05) is 30.9 Å². The zero-order valence-electron chi connectivity index (χ0n) is 15.9. The molecule has 0 bridgehead atoms. The van der Waals surface area contributed by atoms with Gasteiger partial charge in [-0.05, 0) is 18.1 Å². The van der Waals surface area contributed by atoms with E-state index < -0.39 is 23.3 Å². The molecule has 28 heavy (non-hydrogen) atoms. The molecular weight excluding hydrogens is 364 g/mol. The van der Waals surface area contributed by atoms with Crippen molar-refractivity contribution in [1.82, 2.24) is 9.55 Å². The molecule has 1 aliphatic rings. The number of methoxy groups -OCH3 is 1. The van der Waals surface area contributed by atoms with Crippen LogP contribution in [0.3, 0.4) is 0 Å². The maximum atomic E-state index is 13.2. The summed E-state index contributed by atoms with van der Waals surface area (Å²) >= 11 is 0. The lowest BCUT2D eigenvalue weighted by atomic mass is 10.1. The van der Waals surface area contributed by atoms with E-state index in [1.807, 2.05) is 25.1 Å². The fourth-order valence-electron chi connectivity index (χ4n) is 3.29. The smallest absolute Gasteiger partial charge is 0.330 e. The summed E-state index contributed by atoms with van der Waals surface area (Å²) in [5.41, 5.74) is 5.68. The van der Waals surface area contributed by atoms with E-state index in [0.29, 0.717) is 25.1 Å². The van der Waals surface area contributed by atoms with Gasteiger partial charge in [-0.1, -0.05) is 25.1 Å². The van der Waals surface area contributed by atoms with Gasteiger partial charge in [0.15, 0.2) is 11.8 Å². The lowest BCUT2D eigenvalue weighted by Crippen LogP contribution is -2.47. The second-order valence-electron chi connectivity index (χ2n) is 6.55. The zero-order chi connectivity index (χ0) is 20.3. The minimum Gasteiger partial charge on any atom is -0.480 e. The molecule has 150 valence electrons. The molecule has 2 aromatic rings. The predicted molar refractivity (Wildman–Crippen MR) is 105 cm³/mol. The Morgan fingerprint density at radius 1 is 1.39 bits per heavy atom. The van der Waals surface area contributed by atoms with Crippen LogP contribution in [0.25, 0.3) is 0 Å². The number of nitrogens with two attached hydrogens (primary N) is 1. The summed E-state index contributed by atoms with van der Waals surface area (Å²) in [5, 5.41) is 0. The molecule has 1 aromatic heterocycles. The van der Waals surface area contributed by atoms with Crippen LogP contribution in [0.4, 0.5) is 11.5 Å². The second-order valence-corrected chi connectivity index (χ2v) is 6.55. The molecule has 0 aliphatic carbocycles. The number of anilines is 2. The van der Waals surface area contributed by atoms with E-state index in [9.17, 15) is 14.4 Å². The number of para-hydroxylation sites is 1. The van der Waals surface area contributed by atoms with E-state index >= 15 is 0 Å². The van der Waals surface area contributed by atoms with Crippen molar-refractivity contribution < 1.29 is 14.3 Å². The number of rotatable bonds is 7. The summed E-state index contributed by atoms with van der Waals surface area (Å²) in [5.74, 6) is 0.188. The number of hydrogen-bond acceptors (Lipinski definition) is 6. The second kappa shape index (κ2) is 8.30. The van der Waals surface area contributed by atoms with Crippen LogP contribution in [0, 0.1) is 0 Å². The number of amides is 1. The number of ether oxygens (including phenoxy) is 2. The van der Waals surface area contributed by atoms with Crippen molar-refractivity contribution in [3.8, 4) is 5.75 Å². The quantitative estimate of drug-likeness (QED) is 0.713. The molecule has 9 heteroatoms. The Hall–Kier alpha value is -3.07. The first-order valence-electron chi connectivity index (χ1n) is 9.15. The summed E-state index contributed by atoms with van der Waals surface area (Å²) in [6, 6.07) is 7.40. The molecule has 0 saturated carbocycles. The number of hydrogen-bond donors (Lipinski definition) is 2. The van der Waals surface area contributed by atoms with Gasteiger partial charge < -0.3 is 15.2 Å². The van der Waals surface area contributed by atoms with Crippen molar-refractivity contribution in [3.05, 3.63) is 50.7 Å². The third-order valence-corrected chi connectivity index (χ3v) is 4.64. The highest BCUT2D eigenvalue weighted by Gasteiger charge is 2.35. The maximum Gasteiger partial charge on any atom is 0.330 e. The largest absolute Gasteiger partial charge is 0.480 e. The number of H-pyrrole nitrogens is 1. The number of carbonyl (C=O) groups excluding carboxylic acids is 1. The number of nitrogens with zero attached hydrogens (tertiary/aromatic N) is 2. The number of nitrogen functional groups attached to an aromatic ring is 1. The topological polar surface area (TPSA) is 120 Å². The Labute approximate surface area is 161 Å². The monoisotopic (exact) mass is 388 g/mol. The van der Waals surface area contributed by atoms with E-state index in [2.05, 4.69) is 4.98 Å². The van der Waals surface area contributed by atoms with Crippen LogP contribution >= 0.6 is 0 Å². The van der Waals surface area contributed by atoms with Gasteiger partial charge >= 0.3 is 5.69 Å². The van der Waals surface area contributed by atoms with E-state index in [1.54, 1.807) is 6.07 Å². The molecule has 0 spiro atoms. The van der Waals surface area contributed by atoms with Gasteiger partial charge in [0.2, 0.25) is 0 Å². The summed E-state index contributed by atoms with van der Waals surface area (Å²) < 4.78 is 12.1. The van der Waals surface area contributed by atoms with Crippen LogP contribution in [0.2, 0.25) is 0 Å². The van der Waals surface area contributed by atoms with E-state index in [-0.39, 0.29) is 24.7 Å². The Balaban J connectivity index is 2.00. The summed E-state index contributed by atoms with van der Waals surface area (Å²) in [6.07, 6.45) is 0.257. The van der Waals surface area contributed by atoms with E-state index in [0.717, 1.165) is 5.56 Å². The minimum atomic E-state index is -0.778. The third kappa shape index (κ3) is 3.65. The Morgan fingerprint density at radius 3 is 2.82 bits per heavy atom. The average Bonchev–Trinajstić information content (AvgIpc) is 3.11. The maximum absolute atomic E-state index is 13.2. The minimum absolute atomic E-state index is 0.0458. The van der Waals surface area contributed by atoms with Crippen molar-refractivity contribution >= 4 is 17.4 Å². The Kier molecular flexibility index (Phi) is 5.84. The van der Waals surface area contributed by atoms with Gasteiger partial charge in [-0.25, -0.2) is 4.79 Å². The first-order valence-corrected chi connectivity index (χ1v) is 9.15. The van der Waals surface area contributed by atoms with Crippen LogP contribution < -0.4 is 26.6 Å². The standard InChI is InChI=1S/C19H24N4O5/c1-3-8-23-16(20)15(17(24)21-19(23)26)22(9-10-27-2)18(25)14-11-12-6-4-5-7-13(12)28-14/h4-7,14H,3,8-11,20H2,1-2H3,(H,21,24,26)/t14-/m1/s1. The van der Waals surface area contributed by atoms with Crippen molar-refractivity contribution in [1.29, 1.82) is 0 Å². The summed E-state index contributed by atoms with van der Waals surface area (Å²) in [4.78, 5) is 41.4. The molecule has 0 unspecified atom stereocenters. The average molecular weight is 388 g/mol. The Morgan fingerprint density at radius 2 is 2.14 bits per heavy atom. The van der Waals surface area contributed by atoms with Gasteiger partial charge in [-0.3, -0.25) is 24.0 Å². The molecule has 1 atom stereocenters. The van der Waals surface area contributed by atoms with Crippen LogP contribution in [0.1, 0.15) is 18.9 Å². The van der Waals surface area contributed by atoms with Crippen molar-refractivity contribution in [2.24, 2.45) is 0 Å². The van der Waals surface area contributed by atoms with Crippen LogP contribution in [0.15, 0.2) is 33.9 Å². The molecule has 1 aromatic carbocycles. The fourth-order valence-corrected chi connectivity index (χ4v) is 3.29. The highest BCUT2D eigenvalue weighted by Crippen LogP contribution is 2.30. The van der Waals surface area contributed by atoms with Crippen molar-refractivity contribution in [3.63, 3.8) is 0 Å². The SMILES string of the molecule is CCCn1c(N)c(N(CCOC)C(=O)[C@H]2Cc3ccccc3O2)c(=O)[nH]c1=O. The molecule has 1 amide bonds. The number of benzene rings is 1. The van der Waals surface area contributed by atoms with Crippen LogP contribution in [0.5, 0.6) is 5.75 Å². The first kappa shape index (κ1) is 19.7. The zero-order valence-corrected chi connectivity index (χ0v) is 15.9. The lowest BCUT2D eigenvalue weighted by Gasteiger charge is -2.26. The molecule has 0 radical (unpaired) electrons. The predicted octanol–water partition coefficient (Wildman–Crippen LogP) is 0.512. The molecular formula is C19H24N4O5. The van der Waals surface area contributed by atoms with Crippen LogP contribution in [-0.2, 0) is 22.5 Å². The molecule has 9 nitrogen and oxygen atoms in total. The summed E-state index contributed by atoms with van der Waals surface area (Å²) in [6.45, 7) is 2.50. The normalized spacial score (nSPS) is 15.1.